The predicted octanol–water partition coefficient (Wildman–Crippen LogP) is 0.827. The van der Waals surface area contributed by atoms with Gasteiger partial charge < -0.3 is 15.5 Å². The maximum absolute atomic E-state index is 5.42. The van der Waals surface area contributed by atoms with E-state index in [1.165, 1.54) is 0 Å². The van der Waals surface area contributed by atoms with Gasteiger partial charge in [-0.1, -0.05) is 0 Å². The summed E-state index contributed by atoms with van der Waals surface area (Å²) in [6.07, 6.45) is 1.11. The van der Waals surface area contributed by atoms with Crippen LogP contribution < -0.4 is 16.6 Å². The summed E-state index contributed by atoms with van der Waals surface area (Å²) >= 11 is 0. The monoisotopic (exact) mass is 237 g/mol. The van der Waals surface area contributed by atoms with Gasteiger partial charge in [-0.3, -0.25) is 0 Å². The van der Waals surface area contributed by atoms with Gasteiger partial charge in [-0.15, -0.1) is 0 Å². The Morgan fingerprint density at radius 2 is 2.12 bits per heavy atom. The molecule has 0 radical (unpaired) electrons. The zero-order valence-electron chi connectivity index (χ0n) is 10.3. The lowest BCUT2D eigenvalue weighted by molar-refractivity contribution is 0.187. The van der Waals surface area contributed by atoms with Gasteiger partial charge >= 0.3 is 0 Å². The Bertz CT molecular complexity index is 390. The van der Waals surface area contributed by atoms with Crippen molar-refractivity contribution < 1.29 is 4.74 Å². The molecular weight excluding hydrogens is 218 g/mol. The first-order chi connectivity index (χ1) is 8.20. The van der Waals surface area contributed by atoms with E-state index in [1.807, 2.05) is 13.8 Å². The van der Waals surface area contributed by atoms with Crippen LogP contribution in [0.1, 0.15) is 17.8 Å². The number of rotatable bonds is 4. The van der Waals surface area contributed by atoms with Gasteiger partial charge in [0.1, 0.15) is 17.5 Å². The molecule has 1 fully saturated rings. The third-order valence-electron chi connectivity index (χ3n) is 2.98. The lowest BCUT2D eigenvalue weighted by Gasteiger charge is -2.14. The van der Waals surface area contributed by atoms with Gasteiger partial charge in [0.05, 0.1) is 6.61 Å². The highest BCUT2D eigenvalue weighted by Gasteiger charge is 2.16. The van der Waals surface area contributed by atoms with Crippen molar-refractivity contribution in [1.29, 1.82) is 0 Å². The van der Waals surface area contributed by atoms with E-state index in [2.05, 4.69) is 20.7 Å². The molecule has 94 valence electrons. The van der Waals surface area contributed by atoms with Crippen molar-refractivity contribution >= 4 is 11.6 Å². The van der Waals surface area contributed by atoms with E-state index >= 15 is 0 Å². The first-order valence-electron chi connectivity index (χ1n) is 5.84. The topological polar surface area (TPSA) is 85.1 Å². The van der Waals surface area contributed by atoms with Gasteiger partial charge in [0.25, 0.3) is 0 Å². The van der Waals surface area contributed by atoms with Gasteiger partial charge in [-0.05, 0) is 20.3 Å². The number of nitrogen functional groups attached to an aromatic ring is 1. The van der Waals surface area contributed by atoms with E-state index in [1.54, 1.807) is 0 Å². The number of hydrazine groups is 1. The molecule has 0 aromatic carbocycles. The fourth-order valence-corrected chi connectivity index (χ4v) is 1.93. The highest BCUT2D eigenvalue weighted by molar-refractivity contribution is 5.56. The lowest BCUT2D eigenvalue weighted by Crippen LogP contribution is -2.18. The van der Waals surface area contributed by atoms with E-state index in [-0.39, 0.29) is 0 Å². The zero-order valence-corrected chi connectivity index (χ0v) is 10.3. The molecule has 0 bridgehead atoms. The number of hydrogen-bond acceptors (Lipinski definition) is 6. The first-order valence-corrected chi connectivity index (χ1v) is 5.84. The summed E-state index contributed by atoms with van der Waals surface area (Å²) in [5.74, 6) is 8.20. The molecule has 0 saturated carbocycles. The van der Waals surface area contributed by atoms with Crippen LogP contribution in [0.5, 0.6) is 0 Å². The van der Waals surface area contributed by atoms with Crippen molar-refractivity contribution in [2.24, 2.45) is 11.8 Å². The maximum atomic E-state index is 5.42. The number of ether oxygens (including phenoxy) is 1. The highest BCUT2D eigenvalue weighted by Crippen LogP contribution is 2.20. The number of hydrogen-bond donors (Lipinski definition) is 3. The minimum Gasteiger partial charge on any atom is -0.381 e. The molecule has 0 aliphatic carbocycles. The third-order valence-corrected chi connectivity index (χ3v) is 2.98. The molecule has 2 heterocycles. The second-order valence-electron chi connectivity index (χ2n) is 4.35. The summed E-state index contributed by atoms with van der Waals surface area (Å²) in [7, 11) is 0. The van der Waals surface area contributed by atoms with Gasteiger partial charge in [-0.25, -0.2) is 15.8 Å². The highest BCUT2D eigenvalue weighted by atomic mass is 16.5. The number of nitrogens with one attached hydrogen (secondary N) is 2. The molecule has 6 nitrogen and oxygen atoms in total. The summed E-state index contributed by atoms with van der Waals surface area (Å²) in [5.41, 5.74) is 3.53. The molecule has 1 aliphatic heterocycles. The number of aromatic nitrogens is 2. The van der Waals surface area contributed by atoms with E-state index in [9.17, 15) is 0 Å². The second kappa shape index (κ2) is 5.29. The summed E-state index contributed by atoms with van der Waals surface area (Å²) in [5, 5.41) is 3.34. The summed E-state index contributed by atoms with van der Waals surface area (Å²) in [4.78, 5) is 8.60. The molecule has 1 saturated heterocycles. The van der Waals surface area contributed by atoms with Gasteiger partial charge in [-0.2, -0.15) is 0 Å². The fraction of sp³-hybridized carbons (Fsp3) is 0.636. The van der Waals surface area contributed by atoms with Crippen molar-refractivity contribution in [3.05, 3.63) is 11.4 Å². The minimum absolute atomic E-state index is 0.568. The van der Waals surface area contributed by atoms with Crippen LogP contribution in [-0.2, 0) is 4.74 Å². The molecule has 1 unspecified atom stereocenters. The Morgan fingerprint density at radius 3 is 2.76 bits per heavy atom. The van der Waals surface area contributed by atoms with E-state index in [4.69, 9.17) is 10.6 Å². The largest absolute Gasteiger partial charge is 0.381 e. The fourth-order valence-electron chi connectivity index (χ4n) is 1.93. The molecule has 0 spiro atoms. The molecule has 4 N–H and O–H groups in total. The van der Waals surface area contributed by atoms with E-state index in [0.717, 1.165) is 37.6 Å². The van der Waals surface area contributed by atoms with Crippen LogP contribution in [-0.4, -0.2) is 29.7 Å². The number of aryl methyl sites for hydroxylation is 1. The van der Waals surface area contributed by atoms with Crippen LogP contribution in [0, 0.1) is 19.8 Å². The Hall–Kier alpha value is -1.40. The molecule has 6 heteroatoms. The van der Waals surface area contributed by atoms with Gasteiger partial charge in [0, 0.05) is 24.6 Å². The Labute approximate surface area is 101 Å². The summed E-state index contributed by atoms with van der Waals surface area (Å²) in [6.45, 7) is 6.37. The van der Waals surface area contributed by atoms with Crippen molar-refractivity contribution in [2.45, 2.75) is 20.3 Å². The number of nitrogens with two attached hydrogens (primary N) is 1. The average molecular weight is 237 g/mol. The maximum Gasteiger partial charge on any atom is 0.148 e. The van der Waals surface area contributed by atoms with Crippen LogP contribution in [0.4, 0.5) is 11.6 Å². The predicted molar refractivity (Wildman–Crippen MR) is 66.7 cm³/mol. The van der Waals surface area contributed by atoms with Crippen molar-refractivity contribution in [1.82, 2.24) is 9.97 Å². The van der Waals surface area contributed by atoms with Crippen LogP contribution in [0.15, 0.2) is 0 Å². The molecule has 0 amide bonds. The van der Waals surface area contributed by atoms with Gasteiger partial charge in [0.15, 0.2) is 0 Å². The molecule has 1 aromatic heterocycles. The quantitative estimate of drug-likeness (QED) is 0.531. The first kappa shape index (κ1) is 12.1. The van der Waals surface area contributed by atoms with Crippen molar-refractivity contribution in [3.8, 4) is 0 Å². The van der Waals surface area contributed by atoms with E-state index < -0.39 is 0 Å². The molecule has 1 atom stereocenters. The molecular formula is C11H19N5O. The smallest absolute Gasteiger partial charge is 0.148 e. The molecule has 1 aliphatic rings. The van der Waals surface area contributed by atoms with Gasteiger partial charge in [0.2, 0.25) is 0 Å². The molecule has 1 aromatic rings. The van der Waals surface area contributed by atoms with Crippen molar-refractivity contribution in [2.75, 3.05) is 30.5 Å². The second-order valence-corrected chi connectivity index (χ2v) is 4.35. The Kier molecular flexibility index (Phi) is 3.75. The van der Waals surface area contributed by atoms with Crippen LogP contribution in [0.25, 0.3) is 0 Å². The van der Waals surface area contributed by atoms with Crippen LogP contribution >= 0.6 is 0 Å². The molecule has 2 rings (SSSR count). The Balaban J connectivity index is 2.06. The minimum atomic E-state index is 0.568. The number of anilines is 2. The van der Waals surface area contributed by atoms with Crippen LogP contribution in [0.3, 0.4) is 0 Å². The van der Waals surface area contributed by atoms with Crippen LogP contribution in [0.2, 0.25) is 0 Å². The SMILES string of the molecule is Cc1nc(NN)c(C)c(NCC2CCOC2)n1. The average Bonchev–Trinajstić information content (AvgIpc) is 2.82. The molecule has 17 heavy (non-hydrogen) atoms. The zero-order chi connectivity index (χ0) is 12.3. The summed E-state index contributed by atoms with van der Waals surface area (Å²) in [6, 6.07) is 0. The lowest BCUT2D eigenvalue weighted by atomic mass is 10.1. The normalized spacial score (nSPS) is 19.4. The third kappa shape index (κ3) is 2.83. The van der Waals surface area contributed by atoms with Crippen molar-refractivity contribution in [3.63, 3.8) is 0 Å². The van der Waals surface area contributed by atoms with E-state index in [0.29, 0.717) is 17.6 Å². The standard InChI is InChI=1S/C11H19N5O/c1-7-10(13-5-9-3-4-17-6-9)14-8(2)15-11(7)16-12/h9H,3-6,12H2,1-2H3,(H2,13,14,15,16). The Morgan fingerprint density at radius 1 is 1.35 bits per heavy atom. The number of nitrogens with zero attached hydrogens (tertiary/aromatic N) is 2. The summed E-state index contributed by atoms with van der Waals surface area (Å²) < 4.78 is 5.34.